The SMILES string of the molecule is CCCNCc1ccccc1-c1ccccn1. The van der Waals surface area contributed by atoms with Crippen LogP contribution >= 0.6 is 0 Å². The maximum absolute atomic E-state index is 4.41. The van der Waals surface area contributed by atoms with Crippen LogP contribution in [0.15, 0.2) is 48.7 Å². The van der Waals surface area contributed by atoms with Crippen molar-refractivity contribution in [2.24, 2.45) is 0 Å². The average Bonchev–Trinajstić information content (AvgIpc) is 2.41. The molecule has 2 rings (SSSR count). The van der Waals surface area contributed by atoms with Gasteiger partial charge in [-0.3, -0.25) is 4.98 Å². The molecular weight excluding hydrogens is 208 g/mol. The summed E-state index contributed by atoms with van der Waals surface area (Å²) >= 11 is 0. The zero-order valence-corrected chi connectivity index (χ0v) is 10.2. The Morgan fingerprint density at radius 3 is 2.65 bits per heavy atom. The van der Waals surface area contributed by atoms with E-state index in [1.54, 1.807) is 0 Å². The lowest BCUT2D eigenvalue weighted by Crippen LogP contribution is -2.14. The van der Waals surface area contributed by atoms with Crippen molar-refractivity contribution in [1.82, 2.24) is 10.3 Å². The molecule has 2 heteroatoms. The van der Waals surface area contributed by atoms with Gasteiger partial charge >= 0.3 is 0 Å². The van der Waals surface area contributed by atoms with Gasteiger partial charge in [-0.2, -0.15) is 0 Å². The van der Waals surface area contributed by atoms with Crippen LogP contribution in [0, 0.1) is 0 Å². The van der Waals surface area contributed by atoms with Gasteiger partial charge in [0.15, 0.2) is 0 Å². The lowest BCUT2D eigenvalue weighted by molar-refractivity contribution is 0.676. The Kier molecular flexibility index (Phi) is 4.28. The molecule has 2 aromatic rings. The Balaban J connectivity index is 2.22. The predicted octanol–water partition coefficient (Wildman–Crippen LogP) is 3.25. The molecule has 0 fully saturated rings. The second-order valence-corrected chi connectivity index (χ2v) is 4.05. The number of hydrogen-bond donors (Lipinski definition) is 1. The van der Waals surface area contributed by atoms with E-state index < -0.39 is 0 Å². The van der Waals surface area contributed by atoms with E-state index in [0.717, 1.165) is 25.2 Å². The monoisotopic (exact) mass is 226 g/mol. The number of hydrogen-bond acceptors (Lipinski definition) is 2. The molecule has 0 saturated heterocycles. The first-order valence-corrected chi connectivity index (χ1v) is 6.12. The first-order chi connectivity index (χ1) is 8.42. The third-order valence-electron chi connectivity index (χ3n) is 2.70. The fourth-order valence-corrected chi connectivity index (χ4v) is 1.85. The van der Waals surface area contributed by atoms with E-state index in [4.69, 9.17) is 0 Å². The molecule has 1 aromatic heterocycles. The molecule has 0 aliphatic rings. The average molecular weight is 226 g/mol. The Hall–Kier alpha value is -1.67. The lowest BCUT2D eigenvalue weighted by Gasteiger charge is -2.09. The van der Waals surface area contributed by atoms with Gasteiger partial charge in [-0.05, 0) is 30.7 Å². The largest absolute Gasteiger partial charge is 0.313 e. The summed E-state index contributed by atoms with van der Waals surface area (Å²) in [5, 5.41) is 3.43. The van der Waals surface area contributed by atoms with Gasteiger partial charge in [-0.1, -0.05) is 37.3 Å². The summed E-state index contributed by atoms with van der Waals surface area (Å²) in [5.41, 5.74) is 3.57. The molecule has 0 saturated carbocycles. The van der Waals surface area contributed by atoms with Gasteiger partial charge in [0.25, 0.3) is 0 Å². The Labute approximate surface area is 103 Å². The fraction of sp³-hybridized carbons (Fsp3) is 0.267. The molecule has 0 unspecified atom stereocenters. The summed E-state index contributed by atoms with van der Waals surface area (Å²) in [6, 6.07) is 14.5. The van der Waals surface area contributed by atoms with Crippen molar-refractivity contribution in [3.05, 3.63) is 54.2 Å². The number of nitrogens with one attached hydrogen (secondary N) is 1. The van der Waals surface area contributed by atoms with E-state index >= 15 is 0 Å². The molecule has 0 radical (unpaired) electrons. The molecule has 0 amide bonds. The smallest absolute Gasteiger partial charge is 0.0705 e. The van der Waals surface area contributed by atoms with Crippen LogP contribution in [-0.2, 0) is 6.54 Å². The summed E-state index contributed by atoms with van der Waals surface area (Å²) in [6.45, 7) is 4.13. The first kappa shape index (κ1) is 11.8. The van der Waals surface area contributed by atoms with Crippen LogP contribution in [0.5, 0.6) is 0 Å². The van der Waals surface area contributed by atoms with E-state index in [1.165, 1.54) is 11.1 Å². The number of rotatable bonds is 5. The minimum absolute atomic E-state index is 0.903. The van der Waals surface area contributed by atoms with E-state index in [2.05, 4.69) is 47.6 Å². The highest BCUT2D eigenvalue weighted by Gasteiger charge is 2.04. The van der Waals surface area contributed by atoms with Crippen LogP contribution in [0.3, 0.4) is 0 Å². The van der Waals surface area contributed by atoms with E-state index in [9.17, 15) is 0 Å². The van der Waals surface area contributed by atoms with Crippen LogP contribution in [0.25, 0.3) is 11.3 Å². The van der Waals surface area contributed by atoms with Gasteiger partial charge in [-0.25, -0.2) is 0 Å². The molecule has 2 nitrogen and oxygen atoms in total. The standard InChI is InChI=1S/C15H18N2/c1-2-10-16-12-13-7-3-4-8-14(13)15-9-5-6-11-17-15/h3-9,11,16H,2,10,12H2,1H3. The molecule has 88 valence electrons. The highest BCUT2D eigenvalue weighted by molar-refractivity contribution is 5.63. The molecule has 0 bridgehead atoms. The van der Waals surface area contributed by atoms with Gasteiger partial charge < -0.3 is 5.32 Å². The van der Waals surface area contributed by atoms with E-state index in [0.29, 0.717) is 0 Å². The van der Waals surface area contributed by atoms with Gasteiger partial charge in [0, 0.05) is 18.3 Å². The minimum atomic E-state index is 0.903. The molecular formula is C15H18N2. The number of nitrogens with zero attached hydrogens (tertiary/aromatic N) is 1. The summed E-state index contributed by atoms with van der Waals surface area (Å²) < 4.78 is 0. The van der Waals surface area contributed by atoms with Crippen LogP contribution in [0.1, 0.15) is 18.9 Å². The third kappa shape index (κ3) is 3.14. The fourth-order valence-electron chi connectivity index (χ4n) is 1.85. The molecule has 0 aliphatic heterocycles. The summed E-state index contributed by atoms with van der Waals surface area (Å²) in [6.07, 6.45) is 3.00. The van der Waals surface area contributed by atoms with E-state index in [1.807, 2.05) is 18.3 Å². The zero-order valence-electron chi connectivity index (χ0n) is 10.2. The van der Waals surface area contributed by atoms with Crippen molar-refractivity contribution in [3.8, 4) is 11.3 Å². The number of benzene rings is 1. The minimum Gasteiger partial charge on any atom is -0.313 e. The predicted molar refractivity (Wildman–Crippen MR) is 71.7 cm³/mol. The van der Waals surface area contributed by atoms with Crippen LogP contribution in [0.2, 0.25) is 0 Å². The van der Waals surface area contributed by atoms with Crippen LogP contribution in [0.4, 0.5) is 0 Å². The van der Waals surface area contributed by atoms with Crippen LogP contribution in [-0.4, -0.2) is 11.5 Å². The Morgan fingerprint density at radius 2 is 1.88 bits per heavy atom. The second kappa shape index (κ2) is 6.16. The number of pyridine rings is 1. The van der Waals surface area contributed by atoms with Gasteiger partial charge in [0.1, 0.15) is 0 Å². The maximum atomic E-state index is 4.41. The molecule has 0 atom stereocenters. The van der Waals surface area contributed by atoms with Crippen molar-refractivity contribution in [3.63, 3.8) is 0 Å². The number of aromatic nitrogens is 1. The molecule has 0 spiro atoms. The highest BCUT2D eigenvalue weighted by atomic mass is 14.8. The first-order valence-electron chi connectivity index (χ1n) is 6.12. The van der Waals surface area contributed by atoms with Gasteiger partial charge in [0.05, 0.1) is 5.69 Å². The molecule has 1 N–H and O–H groups in total. The van der Waals surface area contributed by atoms with Crippen molar-refractivity contribution in [2.75, 3.05) is 6.54 Å². The Bertz CT molecular complexity index is 451. The third-order valence-corrected chi connectivity index (χ3v) is 2.70. The van der Waals surface area contributed by atoms with Gasteiger partial charge in [-0.15, -0.1) is 0 Å². The molecule has 1 heterocycles. The summed E-state index contributed by atoms with van der Waals surface area (Å²) in [4.78, 5) is 4.41. The van der Waals surface area contributed by atoms with Gasteiger partial charge in [0.2, 0.25) is 0 Å². The summed E-state index contributed by atoms with van der Waals surface area (Å²) in [7, 11) is 0. The van der Waals surface area contributed by atoms with Crippen molar-refractivity contribution < 1.29 is 0 Å². The van der Waals surface area contributed by atoms with E-state index in [-0.39, 0.29) is 0 Å². The quantitative estimate of drug-likeness (QED) is 0.792. The van der Waals surface area contributed by atoms with Crippen LogP contribution < -0.4 is 5.32 Å². The maximum Gasteiger partial charge on any atom is 0.0705 e. The molecule has 17 heavy (non-hydrogen) atoms. The normalized spacial score (nSPS) is 10.4. The molecule has 0 aliphatic carbocycles. The second-order valence-electron chi connectivity index (χ2n) is 4.05. The molecule has 1 aromatic carbocycles. The highest BCUT2D eigenvalue weighted by Crippen LogP contribution is 2.20. The lowest BCUT2D eigenvalue weighted by atomic mass is 10.0. The van der Waals surface area contributed by atoms with Crippen molar-refractivity contribution in [2.45, 2.75) is 19.9 Å². The Morgan fingerprint density at radius 1 is 1.06 bits per heavy atom. The topological polar surface area (TPSA) is 24.9 Å². The van der Waals surface area contributed by atoms with Crippen molar-refractivity contribution in [1.29, 1.82) is 0 Å². The van der Waals surface area contributed by atoms with Crippen molar-refractivity contribution >= 4 is 0 Å². The summed E-state index contributed by atoms with van der Waals surface area (Å²) in [5.74, 6) is 0. The zero-order chi connectivity index (χ0) is 11.9.